The second kappa shape index (κ2) is 7.79. The minimum atomic E-state index is 0.488. The van der Waals surface area contributed by atoms with Gasteiger partial charge in [-0.15, -0.1) is 0 Å². The highest BCUT2D eigenvalue weighted by molar-refractivity contribution is 9.10. The first-order valence-electron chi connectivity index (χ1n) is 7.49. The second-order valence-electron chi connectivity index (χ2n) is 5.71. The van der Waals surface area contributed by atoms with Gasteiger partial charge < -0.3 is 5.32 Å². The molecule has 0 saturated carbocycles. The zero-order valence-corrected chi connectivity index (χ0v) is 14.7. The minimum Gasteiger partial charge on any atom is -0.316 e. The zero-order chi connectivity index (χ0) is 14.5. The Bertz CT molecular complexity index is 438. The number of benzene rings is 1. The lowest BCUT2D eigenvalue weighted by Crippen LogP contribution is -2.40. The first-order chi connectivity index (χ1) is 9.63. The molecule has 0 bridgehead atoms. The van der Waals surface area contributed by atoms with Crippen LogP contribution in [0.4, 0.5) is 0 Å². The highest BCUT2D eigenvalue weighted by Gasteiger charge is 2.30. The third-order valence-corrected chi connectivity index (χ3v) is 5.34. The summed E-state index contributed by atoms with van der Waals surface area (Å²) >= 11 is 9.67. The molecule has 1 aliphatic heterocycles. The molecule has 2 nitrogen and oxygen atoms in total. The fraction of sp³-hybridized carbons (Fsp3) is 0.625. The van der Waals surface area contributed by atoms with E-state index in [1.165, 1.54) is 31.4 Å². The van der Waals surface area contributed by atoms with Crippen molar-refractivity contribution in [1.29, 1.82) is 0 Å². The summed E-state index contributed by atoms with van der Waals surface area (Å²) in [7, 11) is 2.24. The smallest absolute Gasteiger partial charge is 0.0548 e. The van der Waals surface area contributed by atoms with Crippen molar-refractivity contribution in [3.63, 3.8) is 0 Å². The molecule has 0 aromatic heterocycles. The molecular formula is C16H24BrClN2. The normalized spacial score (nSPS) is 24.0. The average molecular weight is 360 g/mol. The molecule has 112 valence electrons. The Morgan fingerprint density at radius 2 is 2.25 bits per heavy atom. The van der Waals surface area contributed by atoms with Gasteiger partial charge in [-0.25, -0.2) is 0 Å². The van der Waals surface area contributed by atoms with E-state index in [0.717, 1.165) is 22.6 Å². The Balaban J connectivity index is 2.15. The largest absolute Gasteiger partial charge is 0.316 e. The van der Waals surface area contributed by atoms with Crippen LogP contribution in [0.2, 0.25) is 5.02 Å². The molecule has 0 aliphatic carbocycles. The zero-order valence-electron chi connectivity index (χ0n) is 12.3. The molecular weight excluding hydrogens is 336 g/mol. The van der Waals surface area contributed by atoms with E-state index in [2.05, 4.69) is 52.3 Å². The third-order valence-electron chi connectivity index (χ3n) is 4.13. The van der Waals surface area contributed by atoms with Gasteiger partial charge >= 0.3 is 0 Å². The van der Waals surface area contributed by atoms with Crippen LogP contribution in [0.15, 0.2) is 22.7 Å². The molecule has 0 radical (unpaired) electrons. The SMILES string of the molecule is CCCNCC1CCCN(C)C1c1ccc(Cl)c(Br)c1. The number of nitrogens with zero attached hydrogens (tertiary/aromatic N) is 1. The topological polar surface area (TPSA) is 15.3 Å². The predicted octanol–water partition coefficient (Wildman–Crippen LogP) is 4.49. The van der Waals surface area contributed by atoms with Crippen LogP contribution in [0.25, 0.3) is 0 Å². The van der Waals surface area contributed by atoms with E-state index in [4.69, 9.17) is 11.6 Å². The van der Waals surface area contributed by atoms with Gasteiger partial charge in [-0.05, 0) is 85.5 Å². The van der Waals surface area contributed by atoms with Crippen molar-refractivity contribution < 1.29 is 0 Å². The molecule has 1 saturated heterocycles. The molecule has 1 fully saturated rings. The van der Waals surface area contributed by atoms with Gasteiger partial charge in [0, 0.05) is 10.5 Å². The quantitative estimate of drug-likeness (QED) is 0.779. The van der Waals surface area contributed by atoms with Crippen molar-refractivity contribution in [2.45, 2.75) is 32.2 Å². The number of hydrogen-bond acceptors (Lipinski definition) is 2. The summed E-state index contributed by atoms with van der Waals surface area (Å²) in [5.74, 6) is 0.674. The summed E-state index contributed by atoms with van der Waals surface area (Å²) in [6.07, 6.45) is 3.78. The predicted molar refractivity (Wildman–Crippen MR) is 90.4 cm³/mol. The van der Waals surface area contributed by atoms with E-state index < -0.39 is 0 Å². The van der Waals surface area contributed by atoms with Crippen molar-refractivity contribution in [3.8, 4) is 0 Å². The van der Waals surface area contributed by atoms with Crippen LogP contribution >= 0.6 is 27.5 Å². The van der Waals surface area contributed by atoms with Crippen LogP contribution in [0, 0.1) is 5.92 Å². The maximum absolute atomic E-state index is 6.12. The first kappa shape index (κ1) is 16.3. The number of hydrogen-bond donors (Lipinski definition) is 1. The maximum Gasteiger partial charge on any atom is 0.0548 e. The summed E-state index contributed by atoms with van der Waals surface area (Å²) in [5.41, 5.74) is 1.37. The highest BCUT2D eigenvalue weighted by Crippen LogP contribution is 2.37. The van der Waals surface area contributed by atoms with Gasteiger partial charge in [0.1, 0.15) is 0 Å². The summed E-state index contributed by atoms with van der Waals surface area (Å²) in [5, 5.41) is 4.37. The molecule has 1 aliphatic rings. The maximum atomic E-state index is 6.12. The Kier molecular flexibility index (Phi) is 6.34. The molecule has 1 heterocycles. The number of likely N-dealkylation sites (tertiary alicyclic amines) is 1. The lowest BCUT2D eigenvalue weighted by molar-refractivity contribution is 0.119. The minimum absolute atomic E-state index is 0.488. The van der Waals surface area contributed by atoms with E-state index in [1.54, 1.807) is 0 Å². The van der Waals surface area contributed by atoms with Gasteiger partial charge in [-0.1, -0.05) is 24.6 Å². The lowest BCUT2D eigenvalue weighted by Gasteiger charge is -2.40. The fourth-order valence-electron chi connectivity index (χ4n) is 3.16. The van der Waals surface area contributed by atoms with E-state index in [0.29, 0.717) is 12.0 Å². The lowest BCUT2D eigenvalue weighted by atomic mass is 9.85. The highest BCUT2D eigenvalue weighted by atomic mass is 79.9. The fourth-order valence-corrected chi connectivity index (χ4v) is 3.67. The third kappa shape index (κ3) is 3.97. The molecule has 2 unspecified atom stereocenters. The summed E-state index contributed by atoms with van der Waals surface area (Å²) in [4.78, 5) is 2.48. The molecule has 1 aromatic rings. The number of piperidine rings is 1. The van der Waals surface area contributed by atoms with Gasteiger partial charge in [0.15, 0.2) is 0 Å². The Labute approximate surface area is 136 Å². The number of rotatable bonds is 5. The molecule has 0 amide bonds. The van der Waals surface area contributed by atoms with Gasteiger partial charge in [0.05, 0.1) is 5.02 Å². The Hall–Kier alpha value is -0.0900. The number of nitrogens with one attached hydrogen (secondary N) is 1. The van der Waals surface area contributed by atoms with Crippen molar-refractivity contribution in [2.24, 2.45) is 5.92 Å². The van der Waals surface area contributed by atoms with Crippen molar-refractivity contribution >= 4 is 27.5 Å². The van der Waals surface area contributed by atoms with Crippen LogP contribution in [0.5, 0.6) is 0 Å². The molecule has 0 spiro atoms. The van der Waals surface area contributed by atoms with Gasteiger partial charge in [0.25, 0.3) is 0 Å². The molecule has 4 heteroatoms. The van der Waals surface area contributed by atoms with Gasteiger partial charge in [0.2, 0.25) is 0 Å². The monoisotopic (exact) mass is 358 g/mol. The van der Waals surface area contributed by atoms with Gasteiger partial charge in [-0.2, -0.15) is 0 Å². The van der Waals surface area contributed by atoms with E-state index in [-0.39, 0.29) is 0 Å². The van der Waals surface area contributed by atoms with E-state index >= 15 is 0 Å². The second-order valence-corrected chi connectivity index (χ2v) is 6.97. The molecule has 1 aromatic carbocycles. The van der Waals surface area contributed by atoms with E-state index in [9.17, 15) is 0 Å². The number of halogens is 2. The summed E-state index contributed by atoms with van der Waals surface area (Å²) in [6, 6.07) is 6.84. The molecule has 20 heavy (non-hydrogen) atoms. The van der Waals surface area contributed by atoms with E-state index in [1.807, 2.05) is 6.07 Å². The first-order valence-corrected chi connectivity index (χ1v) is 8.66. The molecule has 2 rings (SSSR count). The molecule has 2 atom stereocenters. The molecule has 1 N–H and O–H groups in total. The van der Waals surface area contributed by atoms with Crippen LogP contribution < -0.4 is 5.32 Å². The van der Waals surface area contributed by atoms with Crippen molar-refractivity contribution in [1.82, 2.24) is 10.2 Å². The van der Waals surface area contributed by atoms with Crippen molar-refractivity contribution in [2.75, 3.05) is 26.7 Å². The van der Waals surface area contributed by atoms with Crippen molar-refractivity contribution in [3.05, 3.63) is 33.3 Å². The Morgan fingerprint density at radius 1 is 1.45 bits per heavy atom. The van der Waals surface area contributed by atoms with Crippen LogP contribution in [0.3, 0.4) is 0 Å². The Morgan fingerprint density at radius 3 is 2.95 bits per heavy atom. The summed E-state index contributed by atoms with van der Waals surface area (Å²) in [6.45, 7) is 5.60. The van der Waals surface area contributed by atoms with Gasteiger partial charge in [-0.3, -0.25) is 4.90 Å². The van der Waals surface area contributed by atoms with Crippen LogP contribution in [0.1, 0.15) is 37.8 Å². The standard InChI is InChI=1S/C16H24BrClN2/c1-3-8-19-11-13-5-4-9-20(2)16(13)12-6-7-15(18)14(17)10-12/h6-7,10,13,16,19H,3-5,8-9,11H2,1-2H3. The van der Waals surface area contributed by atoms with Crippen LogP contribution in [-0.2, 0) is 0 Å². The summed E-state index contributed by atoms with van der Waals surface area (Å²) < 4.78 is 0.996. The average Bonchev–Trinajstić information content (AvgIpc) is 2.43. The van der Waals surface area contributed by atoms with Crippen LogP contribution in [-0.4, -0.2) is 31.6 Å².